The molecule has 0 fully saturated rings. The van der Waals surface area contributed by atoms with Crippen LogP contribution in [0.25, 0.3) is 0 Å². The Kier molecular flexibility index (Phi) is 5.77. The maximum atomic E-state index is 11.4. The zero-order valence-electron chi connectivity index (χ0n) is 9.99. The average molecular weight is 238 g/mol. The average Bonchev–Trinajstić information content (AvgIpc) is 2.10. The van der Waals surface area contributed by atoms with Crippen molar-refractivity contribution >= 4 is 10.1 Å². The highest BCUT2D eigenvalue weighted by molar-refractivity contribution is 7.86. The van der Waals surface area contributed by atoms with Gasteiger partial charge in [0, 0.05) is 6.61 Å². The summed E-state index contributed by atoms with van der Waals surface area (Å²) in [6.07, 6.45) is 0.434. The molecule has 1 atom stereocenters. The predicted octanol–water partition coefficient (Wildman–Crippen LogP) is 1.40. The lowest BCUT2D eigenvalue weighted by atomic mass is 9.99. The molecule has 15 heavy (non-hydrogen) atoms. The zero-order valence-corrected chi connectivity index (χ0v) is 10.8. The van der Waals surface area contributed by atoms with Gasteiger partial charge in [-0.15, -0.1) is 0 Å². The van der Waals surface area contributed by atoms with Gasteiger partial charge in [0.1, 0.15) is 0 Å². The maximum absolute atomic E-state index is 11.4. The second-order valence-electron chi connectivity index (χ2n) is 5.16. The zero-order chi connectivity index (χ0) is 12.1. The molecule has 4 nitrogen and oxygen atoms in total. The van der Waals surface area contributed by atoms with E-state index in [1.165, 1.54) is 0 Å². The van der Waals surface area contributed by atoms with Crippen molar-refractivity contribution in [2.45, 2.75) is 34.1 Å². The lowest BCUT2D eigenvalue weighted by Crippen LogP contribution is -2.21. The first-order valence-electron chi connectivity index (χ1n) is 5.14. The van der Waals surface area contributed by atoms with Crippen molar-refractivity contribution in [3.05, 3.63) is 0 Å². The van der Waals surface area contributed by atoms with E-state index in [1.54, 1.807) is 6.92 Å². The minimum atomic E-state index is -3.43. The van der Waals surface area contributed by atoms with E-state index in [2.05, 4.69) is 0 Å². The summed E-state index contributed by atoms with van der Waals surface area (Å²) in [6.45, 7) is 7.76. The van der Waals surface area contributed by atoms with Crippen LogP contribution < -0.4 is 0 Å². The maximum Gasteiger partial charge on any atom is 0.267 e. The van der Waals surface area contributed by atoms with Gasteiger partial charge in [0.25, 0.3) is 10.1 Å². The fourth-order valence-electron chi connectivity index (χ4n) is 0.762. The normalized spacial score (nSPS) is 15.3. The van der Waals surface area contributed by atoms with Gasteiger partial charge >= 0.3 is 0 Å². The van der Waals surface area contributed by atoms with Crippen LogP contribution in [0.3, 0.4) is 0 Å². The molecule has 1 N–H and O–H groups in total. The molecular weight excluding hydrogens is 216 g/mol. The predicted molar refractivity (Wildman–Crippen MR) is 60.1 cm³/mol. The van der Waals surface area contributed by atoms with Crippen molar-refractivity contribution in [2.75, 3.05) is 19.0 Å². The second kappa shape index (κ2) is 5.82. The summed E-state index contributed by atoms with van der Waals surface area (Å²) in [5.41, 5.74) is -0.157. The third-order valence-electron chi connectivity index (χ3n) is 1.84. The van der Waals surface area contributed by atoms with E-state index in [1.807, 2.05) is 20.8 Å². The van der Waals surface area contributed by atoms with E-state index in [9.17, 15) is 8.42 Å². The fraction of sp³-hybridized carbons (Fsp3) is 1.00. The number of rotatable bonds is 6. The van der Waals surface area contributed by atoms with Gasteiger partial charge in [-0.3, -0.25) is 4.18 Å². The van der Waals surface area contributed by atoms with Crippen molar-refractivity contribution in [1.82, 2.24) is 0 Å². The molecule has 0 aliphatic rings. The van der Waals surface area contributed by atoms with Crippen LogP contribution in [0, 0.1) is 11.3 Å². The van der Waals surface area contributed by atoms with Crippen LogP contribution in [0.2, 0.25) is 0 Å². The Morgan fingerprint density at radius 1 is 1.33 bits per heavy atom. The highest BCUT2D eigenvalue weighted by atomic mass is 32.2. The number of aliphatic hydroxyl groups excluding tert-OH is 1. The van der Waals surface area contributed by atoms with Crippen LogP contribution in [0.5, 0.6) is 0 Å². The molecule has 0 aromatic rings. The number of hydrogen-bond acceptors (Lipinski definition) is 4. The molecule has 92 valence electrons. The molecular formula is C10H22O4S. The van der Waals surface area contributed by atoms with Gasteiger partial charge in [0.15, 0.2) is 0 Å². The molecule has 0 spiro atoms. The van der Waals surface area contributed by atoms with Gasteiger partial charge in [-0.25, -0.2) is 0 Å². The summed E-state index contributed by atoms with van der Waals surface area (Å²) in [4.78, 5) is 0. The molecule has 5 heteroatoms. The lowest BCUT2D eigenvalue weighted by Gasteiger charge is -2.18. The van der Waals surface area contributed by atoms with Crippen molar-refractivity contribution in [3.63, 3.8) is 0 Å². The summed E-state index contributed by atoms with van der Waals surface area (Å²) in [7, 11) is -3.43. The first-order chi connectivity index (χ1) is 6.66. The quantitative estimate of drug-likeness (QED) is 0.710. The van der Waals surface area contributed by atoms with E-state index in [0.29, 0.717) is 6.42 Å². The lowest BCUT2D eigenvalue weighted by molar-refractivity contribution is 0.201. The number of hydrogen-bond donors (Lipinski definition) is 1. The van der Waals surface area contributed by atoms with Gasteiger partial charge in [-0.05, 0) is 17.8 Å². The summed E-state index contributed by atoms with van der Waals surface area (Å²) >= 11 is 0. The van der Waals surface area contributed by atoms with Crippen LogP contribution in [-0.4, -0.2) is 32.5 Å². The molecule has 0 aromatic carbocycles. The molecule has 0 amide bonds. The molecule has 0 radical (unpaired) electrons. The Hall–Kier alpha value is -0.130. The molecule has 0 unspecified atom stereocenters. The second-order valence-corrected chi connectivity index (χ2v) is 6.92. The summed E-state index contributed by atoms with van der Waals surface area (Å²) in [5.74, 6) is -0.0249. The van der Waals surface area contributed by atoms with E-state index < -0.39 is 10.1 Å². The Bertz CT molecular complexity index is 264. The SMILES string of the molecule is C[C@H](CO)CCS(=O)(=O)OCC(C)(C)C. The number of aliphatic hydroxyl groups is 1. The highest BCUT2D eigenvalue weighted by Gasteiger charge is 2.18. The highest BCUT2D eigenvalue weighted by Crippen LogP contribution is 2.15. The molecule has 0 heterocycles. The smallest absolute Gasteiger partial charge is 0.267 e. The van der Waals surface area contributed by atoms with Crippen LogP contribution in [0.1, 0.15) is 34.1 Å². The summed E-state index contributed by atoms with van der Waals surface area (Å²) in [6, 6.07) is 0. The Morgan fingerprint density at radius 3 is 2.27 bits per heavy atom. The molecule has 0 saturated heterocycles. The fourth-order valence-corrected chi connectivity index (χ4v) is 2.10. The van der Waals surface area contributed by atoms with Crippen molar-refractivity contribution in [1.29, 1.82) is 0 Å². The van der Waals surface area contributed by atoms with Crippen molar-refractivity contribution in [3.8, 4) is 0 Å². The molecule has 0 bridgehead atoms. The monoisotopic (exact) mass is 238 g/mol. The minimum Gasteiger partial charge on any atom is -0.396 e. The van der Waals surface area contributed by atoms with Gasteiger partial charge in [-0.2, -0.15) is 8.42 Å². The van der Waals surface area contributed by atoms with Crippen LogP contribution in [0.4, 0.5) is 0 Å². The first-order valence-corrected chi connectivity index (χ1v) is 6.72. The van der Waals surface area contributed by atoms with E-state index >= 15 is 0 Å². The standard InChI is InChI=1S/C10H22O4S/c1-9(7-11)5-6-15(12,13)14-8-10(2,3)4/h9,11H,5-8H2,1-4H3/t9-/m0/s1. The molecule has 0 aromatic heterocycles. The molecule has 0 aliphatic heterocycles. The van der Waals surface area contributed by atoms with Crippen LogP contribution in [0.15, 0.2) is 0 Å². The molecule has 0 aliphatic carbocycles. The van der Waals surface area contributed by atoms with E-state index in [-0.39, 0.29) is 30.3 Å². The molecule has 0 saturated carbocycles. The Balaban J connectivity index is 3.99. The molecule has 0 rings (SSSR count). The van der Waals surface area contributed by atoms with E-state index in [0.717, 1.165) is 0 Å². The largest absolute Gasteiger partial charge is 0.396 e. The van der Waals surface area contributed by atoms with Gasteiger partial charge in [0.05, 0.1) is 12.4 Å². The van der Waals surface area contributed by atoms with Gasteiger partial charge < -0.3 is 5.11 Å². The summed E-state index contributed by atoms with van der Waals surface area (Å²) in [5, 5.41) is 8.76. The third-order valence-corrected chi connectivity index (χ3v) is 3.06. The Morgan fingerprint density at radius 2 is 1.87 bits per heavy atom. The summed E-state index contributed by atoms with van der Waals surface area (Å²) < 4.78 is 27.7. The first kappa shape index (κ1) is 14.9. The third kappa shape index (κ3) is 8.84. The van der Waals surface area contributed by atoms with Crippen LogP contribution in [-0.2, 0) is 14.3 Å². The Labute approximate surface area is 92.8 Å². The van der Waals surface area contributed by atoms with Crippen molar-refractivity contribution in [2.24, 2.45) is 11.3 Å². The van der Waals surface area contributed by atoms with Crippen LogP contribution >= 0.6 is 0 Å². The van der Waals surface area contributed by atoms with Gasteiger partial charge in [0.2, 0.25) is 0 Å². The topological polar surface area (TPSA) is 63.6 Å². The minimum absolute atomic E-state index is 0.00184. The van der Waals surface area contributed by atoms with Crippen molar-refractivity contribution < 1.29 is 17.7 Å². The van der Waals surface area contributed by atoms with Gasteiger partial charge in [-0.1, -0.05) is 27.7 Å². The van der Waals surface area contributed by atoms with E-state index in [4.69, 9.17) is 9.29 Å².